The molecule has 0 heterocycles. The Balaban J connectivity index is 1.01. The van der Waals surface area contributed by atoms with Gasteiger partial charge in [-0.3, -0.25) is 0 Å². The Morgan fingerprint density at radius 1 is 0.689 bits per heavy atom. The van der Waals surface area contributed by atoms with Crippen molar-refractivity contribution in [3.63, 3.8) is 0 Å². The van der Waals surface area contributed by atoms with Crippen LogP contribution in [0.25, 0.3) is 0 Å². The number of hydrogen-bond acceptors (Lipinski definition) is 4. The number of hydrogen-bond donors (Lipinski definition) is 0. The highest BCUT2D eigenvalue weighted by Crippen LogP contribution is 2.68. The minimum absolute atomic E-state index is 0.00523. The Labute approximate surface area is 367 Å². The van der Waals surface area contributed by atoms with Crippen LogP contribution in [-0.4, -0.2) is 12.1 Å². The molecular formula is C57H72O4. The first-order valence-electron chi connectivity index (χ1n) is 23.9. The van der Waals surface area contributed by atoms with Crippen LogP contribution in [0.4, 0.5) is 0 Å². The molecule has 0 amide bonds. The second-order valence-corrected chi connectivity index (χ2v) is 20.9. The highest BCUT2D eigenvalue weighted by atomic mass is 17.2. The summed E-state index contributed by atoms with van der Waals surface area (Å²) in [6, 6.07) is 34.2. The monoisotopic (exact) mass is 821 g/mol. The minimum atomic E-state index is -0.231. The number of aryl methyl sites for hydroxylation is 2. The van der Waals surface area contributed by atoms with E-state index in [0.29, 0.717) is 41.8 Å². The molecule has 8 atom stereocenters. The summed E-state index contributed by atoms with van der Waals surface area (Å²) in [6.07, 6.45) is 14.3. The zero-order chi connectivity index (χ0) is 42.7. The Morgan fingerprint density at radius 3 is 2.03 bits per heavy atom. The van der Waals surface area contributed by atoms with Crippen LogP contribution in [0, 0.1) is 60.2 Å². The number of esters is 1. The maximum absolute atomic E-state index is 13.8. The largest absolute Gasteiger partial charge is 0.458 e. The Hall–Kier alpha value is -4.15. The van der Waals surface area contributed by atoms with Crippen molar-refractivity contribution < 1.29 is 19.3 Å². The molecule has 0 aliphatic heterocycles. The molecule has 0 aromatic heterocycles. The van der Waals surface area contributed by atoms with E-state index in [-0.39, 0.29) is 17.5 Å². The molecule has 0 spiro atoms. The van der Waals surface area contributed by atoms with Gasteiger partial charge in [0.2, 0.25) is 0 Å². The lowest BCUT2D eigenvalue weighted by atomic mass is 9.46. The van der Waals surface area contributed by atoms with Gasteiger partial charge in [-0.1, -0.05) is 150 Å². The molecule has 4 aliphatic carbocycles. The van der Waals surface area contributed by atoms with Gasteiger partial charge in [0.1, 0.15) is 18.5 Å². The van der Waals surface area contributed by atoms with Gasteiger partial charge < -0.3 is 9.62 Å². The van der Waals surface area contributed by atoms with Crippen molar-refractivity contribution in [2.75, 3.05) is 0 Å². The molecule has 4 aromatic rings. The van der Waals surface area contributed by atoms with E-state index in [0.717, 1.165) is 66.7 Å². The molecule has 3 fully saturated rings. The quantitative estimate of drug-likeness (QED) is 0.0681. The van der Waals surface area contributed by atoms with Gasteiger partial charge in [-0.25, -0.2) is 4.79 Å². The van der Waals surface area contributed by atoms with E-state index in [1.165, 1.54) is 78.3 Å². The standard InChI is InChI=1S/C57H72O4/c1-38(2)11-8-12-41(5)50-25-26-51-49-36-54(61-59-37-46-15-9-13-44(33-46)31-42-21-17-39(3)18-22-42)53-35-48(27-29-57(53,7)52(49)28-30-56(50,51)6)60-55(58)47-16-10-14-45(34-47)32-43-23-19-40(4)20-24-43/h9-10,13-24,33-34,38,41,48-52H,8,11-12,25-32,35-37H2,1-7H3. The predicted octanol–water partition coefficient (Wildman–Crippen LogP) is 14.5. The van der Waals surface area contributed by atoms with Crippen LogP contribution in [0.5, 0.6) is 0 Å². The lowest BCUT2D eigenvalue weighted by Gasteiger charge is -2.58. The van der Waals surface area contributed by atoms with Gasteiger partial charge in [0.05, 0.1) is 5.56 Å². The molecule has 324 valence electrons. The van der Waals surface area contributed by atoms with Crippen LogP contribution in [0.2, 0.25) is 0 Å². The van der Waals surface area contributed by atoms with Crippen molar-refractivity contribution in [3.05, 3.63) is 153 Å². The Morgan fingerprint density at radius 2 is 1.34 bits per heavy atom. The van der Waals surface area contributed by atoms with E-state index in [9.17, 15) is 4.79 Å². The fraction of sp³-hybridized carbons (Fsp3) is 0.526. The van der Waals surface area contributed by atoms with Gasteiger partial charge in [-0.2, -0.15) is 4.89 Å². The third-order valence-electron chi connectivity index (χ3n) is 16.2. The summed E-state index contributed by atoms with van der Waals surface area (Å²) < 4.78 is 6.42. The summed E-state index contributed by atoms with van der Waals surface area (Å²) in [5.74, 6) is 5.00. The van der Waals surface area contributed by atoms with E-state index in [1.54, 1.807) is 0 Å². The van der Waals surface area contributed by atoms with Crippen LogP contribution >= 0.6 is 0 Å². The molecule has 8 rings (SSSR count). The number of allylic oxidation sites excluding steroid dienone is 1. The maximum atomic E-state index is 13.8. The number of fused-ring (bicyclic) bond motifs is 5. The van der Waals surface area contributed by atoms with E-state index < -0.39 is 0 Å². The summed E-state index contributed by atoms with van der Waals surface area (Å²) in [6.45, 7) is 17.1. The highest BCUT2D eigenvalue weighted by Gasteiger charge is 2.61. The SMILES string of the molecule is Cc1ccc(Cc2cccc(COOC3=C4CC(OC(=O)c5cccc(Cc6ccc(C)cc6)c5)CCC4(C)C4CCC5(C)C(C(C)CCCC(C)C)CCC5C4C3)c2)cc1. The van der Waals surface area contributed by atoms with E-state index in [2.05, 4.69) is 127 Å². The van der Waals surface area contributed by atoms with Crippen molar-refractivity contribution in [3.8, 4) is 0 Å². The van der Waals surface area contributed by atoms with Gasteiger partial charge in [0.25, 0.3) is 0 Å². The van der Waals surface area contributed by atoms with Gasteiger partial charge in [0.15, 0.2) is 0 Å². The fourth-order valence-corrected chi connectivity index (χ4v) is 12.8. The average molecular weight is 821 g/mol. The fourth-order valence-electron chi connectivity index (χ4n) is 12.8. The molecule has 4 aromatic carbocycles. The van der Waals surface area contributed by atoms with Crippen molar-refractivity contribution >= 4 is 5.97 Å². The summed E-state index contributed by atoms with van der Waals surface area (Å²) in [5, 5.41) is 0. The van der Waals surface area contributed by atoms with Crippen molar-refractivity contribution in [2.45, 2.75) is 145 Å². The molecular weight excluding hydrogens is 749 g/mol. The van der Waals surface area contributed by atoms with Crippen LogP contribution in [-0.2, 0) is 34.0 Å². The van der Waals surface area contributed by atoms with Crippen LogP contribution in [0.15, 0.2) is 108 Å². The lowest BCUT2D eigenvalue weighted by Crippen LogP contribution is -2.52. The maximum Gasteiger partial charge on any atom is 0.338 e. The first-order chi connectivity index (χ1) is 29.4. The van der Waals surface area contributed by atoms with Gasteiger partial charge in [0, 0.05) is 12.8 Å². The van der Waals surface area contributed by atoms with Crippen molar-refractivity contribution in [1.82, 2.24) is 0 Å². The average Bonchev–Trinajstić information content (AvgIpc) is 3.60. The van der Waals surface area contributed by atoms with Crippen molar-refractivity contribution in [1.29, 1.82) is 0 Å². The second-order valence-electron chi connectivity index (χ2n) is 20.9. The van der Waals surface area contributed by atoms with Gasteiger partial charge in [-0.15, -0.1) is 0 Å². The molecule has 4 heteroatoms. The minimum Gasteiger partial charge on any atom is -0.458 e. The normalized spacial score (nSPS) is 27.6. The number of carbonyl (C=O) groups excluding carboxylic acids is 1. The number of benzene rings is 4. The smallest absolute Gasteiger partial charge is 0.338 e. The highest BCUT2D eigenvalue weighted by molar-refractivity contribution is 5.89. The third-order valence-corrected chi connectivity index (χ3v) is 16.2. The van der Waals surface area contributed by atoms with Gasteiger partial charge in [-0.05, 0) is 157 Å². The molecule has 4 nitrogen and oxygen atoms in total. The predicted molar refractivity (Wildman–Crippen MR) is 248 cm³/mol. The Bertz CT molecular complexity index is 2150. The van der Waals surface area contributed by atoms with Gasteiger partial charge >= 0.3 is 5.97 Å². The third kappa shape index (κ3) is 9.75. The second kappa shape index (κ2) is 18.7. The summed E-state index contributed by atoms with van der Waals surface area (Å²) in [4.78, 5) is 26.8. The Kier molecular flexibility index (Phi) is 13.3. The van der Waals surface area contributed by atoms with Crippen molar-refractivity contribution in [2.24, 2.45) is 46.3 Å². The molecule has 0 bridgehead atoms. The van der Waals surface area contributed by atoms with Crippen LogP contribution < -0.4 is 0 Å². The topological polar surface area (TPSA) is 44.8 Å². The van der Waals surface area contributed by atoms with Crippen LogP contribution in [0.3, 0.4) is 0 Å². The van der Waals surface area contributed by atoms with E-state index >= 15 is 0 Å². The number of carbonyl (C=O) groups is 1. The van der Waals surface area contributed by atoms with Crippen LogP contribution in [0.1, 0.15) is 155 Å². The molecule has 61 heavy (non-hydrogen) atoms. The summed E-state index contributed by atoms with van der Waals surface area (Å²) in [7, 11) is 0. The number of ether oxygens (including phenoxy) is 1. The first-order valence-corrected chi connectivity index (χ1v) is 23.9. The zero-order valence-corrected chi connectivity index (χ0v) is 38.3. The van der Waals surface area contributed by atoms with E-state index in [1.807, 2.05) is 18.2 Å². The molecule has 4 aliphatic rings. The summed E-state index contributed by atoms with van der Waals surface area (Å²) in [5.41, 5.74) is 10.9. The lowest BCUT2D eigenvalue weighted by molar-refractivity contribution is -0.281. The van der Waals surface area contributed by atoms with E-state index in [4.69, 9.17) is 14.5 Å². The molecule has 0 saturated heterocycles. The molecule has 0 radical (unpaired) electrons. The first kappa shape index (κ1) is 43.5. The zero-order valence-electron chi connectivity index (χ0n) is 38.3. The summed E-state index contributed by atoms with van der Waals surface area (Å²) >= 11 is 0. The molecule has 8 unspecified atom stereocenters. The molecule has 0 N–H and O–H groups in total. The number of rotatable bonds is 15. The molecule has 3 saturated carbocycles.